The van der Waals surface area contributed by atoms with Crippen LogP contribution in [0.15, 0.2) is 36.4 Å². The van der Waals surface area contributed by atoms with Crippen molar-refractivity contribution in [3.63, 3.8) is 0 Å². The van der Waals surface area contributed by atoms with Crippen molar-refractivity contribution >= 4 is 26.6 Å². The third-order valence-electron chi connectivity index (χ3n) is 3.18. The van der Waals surface area contributed by atoms with Gasteiger partial charge in [-0.25, -0.2) is 0 Å². The van der Waals surface area contributed by atoms with Crippen molar-refractivity contribution in [3.05, 3.63) is 42.0 Å². The molecule has 0 aliphatic carbocycles. The fraction of sp³-hybridized carbons (Fsp3) is 0.231. The van der Waals surface area contributed by atoms with Gasteiger partial charge in [-0.15, -0.1) is 0 Å². The zero-order valence-electron chi connectivity index (χ0n) is 10.1. The number of anilines is 1. The van der Waals surface area contributed by atoms with Crippen molar-refractivity contribution in [2.75, 3.05) is 17.5 Å². The van der Waals surface area contributed by atoms with Gasteiger partial charge in [0, 0.05) is 11.9 Å². The Morgan fingerprint density at radius 2 is 2.00 bits per heavy atom. The average Bonchev–Trinajstić information content (AvgIpc) is 2.79. The van der Waals surface area contributed by atoms with Crippen LogP contribution in [0.2, 0.25) is 0 Å². The van der Waals surface area contributed by atoms with Crippen LogP contribution in [0, 0.1) is 0 Å². The summed E-state index contributed by atoms with van der Waals surface area (Å²) in [7, 11) is -4.13. The summed E-state index contributed by atoms with van der Waals surface area (Å²) in [6, 6.07) is 11.9. The van der Waals surface area contributed by atoms with Crippen LogP contribution in [0.25, 0.3) is 10.8 Å². The lowest BCUT2D eigenvalue weighted by atomic mass is 10.0. The predicted molar refractivity (Wildman–Crippen MR) is 72.5 cm³/mol. The van der Waals surface area contributed by atoms with Crippen LogP contribution in [0.5, 0.6) is 0 Å². The SMILES string of the molecule is O=S(=O)(O)CON1CCc2ccc3ccccc3c21. The van der Waals surface area contributed by atoms with E-state index in [1.54, 1.807) is 5.06 Å². The van der Waals surface area contributed by atoms with Crippen molar-refractivity contribution in [1.29, 1.82) is 0 Å². The Balaban J connectivity index is 2.01. The fourth-order valence-corrected chi connectivity index (χ4v) is 2.65. The zero-order chi connectivity index (χ0) is 13.5. The molecule has 2 aromatic carbocycles. The standard InChI is InChI=1S/C13H13NO4S/c15-19(16,17)9-18-14-8-7-11-6-5-10-3-1-2-4-12(10)13(11)14/h1-6H,7-9H2,(H,15,16,17). The number of hydrogen-bond donors (Lipinski definition) is 1. The second-order valence-corrected chi connectivity index (χ2v) is 5.87. The molecule has 6 heteroatoms. The van der Waals surface area contributed by atoms with Gasteiger partial charge < -0.3 is 0 Å². The lowest BCUT2D eigenvalue weighted by Crippen LogP contribution is -2.24. The molecule has 1 heterocycles. The molecular weight excluding hydrogens is 266 g/mol. The highest BCUT2D eigenvalue weighted by molar-refractivity contribution is 7.85. The van der Waals surface area contributed by atoms with Gasteiger partial charge in [0.25, 0.3) is 10.1 Å². The van der Waals surface area contributed by atoms with E-state index in [4.69, 9.17) is 9.39 Å². The number of hydroxylamine groups is 1. The lowest BCUT2D eigenvalue weighted by Gasteiger charge is -2.19. The Hall–Kier alpha value is -1.63. The largest absolute Gasteiger partial charge is 0.292 e. The Kier molecular flexibility index (Phi) is 2.93. The van der Waals surface area contributed by atoms with Crippen molar-refractivity contribution < 1.29 is 17.8 Å². The van der Waals surface area contributed by atoms with Crippen LogP contribution in [0.3, 0.4) is 0 Å². The molecule has 0 atom stereocenters. The van der Waals surface area contributed by atoms with E-state index in [1.807, 2.05) is 36.4 Å². The molecule has 0 saturated carbocycles. The minimum Gasteiger partial charge on any atom is -0.284 e. The minimum absolute atomic E-state index is 0.582. The molecule has 1 aliphatic heterocycles. The van der Waals surface area contributed by atoms with Gasteiger partial charge in [-0.3, -0.25) is 14.5 Å². The predicted octanol–water partition coefficient (Wildman–Crippen LogP) is 1.98. The maximum atomic E-state index is 10.8. The smallest absolute Gasteiger partial charge is 0.284 e. The average molecular weight is 279 g/mol. The van der Waals surface area contributed by atoms with E-state index in [2.05, 4.69) is 0 Å². The monoisotopic (exact) mass is 279 g/mol. The molecule has 19 heavy (non-hydrogen) atoms. The second kappa shape index (κ2) is 4.48. The summed E-state index contributed by atoms with van der Waals surface area (Å²) in [4.78, 5) is 5.20. The summed E-state index contributed by atoms with van der Waals surface area (Å²) in [5.74, 6) is -0.727. The summed E-state index contributed by atoms with van der Waals surface area (Å²) in [6.07, 6.45) is 0.797. The molecule has 1 N–H and O–H groups in total. The maximum absolute atomic E-state index is 10.8. The van der Waals surface area contributed by atoms with Gasteiger partial charge in [-0.2, -0.15) is 8.42 Å². The number of nitrogens with zero attached hydrogens (tertiary/aromatic N) is 1. The van der Waals surface area contributed by atoms with Crippen LogP contribution in [0.4, 0.5) is 5.69 Å². The van der Waals surface area contributed by atoms with E-state index < -0.39 is 16.1 Å². The Morgan fingerprint density at radius 3 is 2.79 bits per heavy atom. The van der Waals surface area contributed by atoms with E-state index in [9.17, 15) is 8.42 Å². The molecule has 3 rings (SSSR count). The van der Waals surface area contributed by atoms with Gasteiger partial charge in [0.15, 0.2) is 0 Å². The molecule has 0 fully saturated rings. The van der Waals surface area contributed by atoms with Crippen molar-refractivity contribution in [3.8, 4) is 0 Å². The molecule has 0 unspecified atom stereocenters. The summed E-state index contributed by atoms with van der Waals surface area (Å²) in [5, 5.41) is 3.64. The summed E-state index contributed by atoms with van der Waals surface area (Å²) < 4.78 is 30.3. The van der Waals surface area contributed by atoms with Gasteiger partial charge in [0.1, 0.15) is 0 Å². The molecule has 5 nitrogen and oxygen atoms in total. The van der Waals surface area contributed by atoms with E-state index >= 15 is 0 Å². The first-order chi connectivity index (χ1) is 9.04. The van der Waals surface area contributed by atoms with Crippen LogP contribution >= 0.6 is 0 Å². The molecule has 0 amide bonds. The zero-order valence-corrected chi connectivity index (χ0v) is 10.9. The highest BCUT2D eigenvalue weighted by Gasteiger charge is 2.23. The summed E-state index contributed by atoms with van der Waals surface area (Å²) in [5.41, 5.74) is 2.01. The Bertz CT molecular complexity index is 727. The van der Waals surface area contributed by atoms with E-state index in [1.165, 1.54) is 0 Å². The van der Waals surface area contributed by atoms with Gasteiger partial charge in [0.2, 0.25) is 5.94 Å². The van der Waals surface area contributed by atoms with Gasteiger partial charge in [0.05, 0.1) is 5.69 Å². The van der Waals surface area contributed by atoms with E-state index in [0.29, 0.717) is 6.54 Å². The highest BCUT2D eigenvalue weighted by atomic mass is 32.2. The first-order valence-corrected chi connectivity index (χ1v) is 7.52. The molecule has 0 saturated heterocycles. The van der Waals surface area contributed by atoms with Crippen LogP contribution < -0.4 is 5.06 Å². The molecule has 0 bridgehead atoms. The lowest BCUT2D eigenvalue weighted by molar-refractivity contribution is 0.148. The molecule has 100 valence electrons. The van der Waals surface area contributed by atoms with E-state index in [0.717, 1.165) is 28.4 Å². The quantitative estimate of drug-likeness (QED) is 0.870. The van der Waals surface area contributed by atoms with Crippen molar-refractivity contribution in [2.45, 2.75) is 6.42 Å². The van der Waals surface area contributed by atoms with Crippen molar-refractivity contribution in [2.24, 2.45) is 0 Å². The minimum atomic E-state index is -4.13. The number of fused-ring (bicyclic) bond motifs is 3. The normalized spacial score (nSPS) is 14.9. The first kappa shape index (κ1) is 12.4. The maximum Gasteiger partial charge on any atom is 0.292 e. The number of hydrogen-bond acceptors (Lipinski definition) is 4. The van der Waals surface area contributed by atoms with Crippen LogP contribution in [-0.4, -0.2) is 25.5 Å². The molecule has 2 aromatic rings. The molecular formula is C13H13NO4S. The molecule has 0 aromatic heterocycles. The second-order valence-electron chi connectivity index (χ2n) is 4.48. The first-order valence-electron chi connectivity index (χ1n) is 5.91. The van der Waals surface area contributed by atoms with Gasteiger partial charge in [-0.05, 0) is 17.4 Å². The van der Waals surface area contributed by atoms with Gasteiger partial charge in [-0.1, -0.05) is 36.4 Å². The summed E-state index contributed by atoms with van der Waals surface area (Å²) in [6.45, 7) is 0.582. The van der Waals surface area contributed by atoms with Gasteiger partial charge >= 0.3 is 0 Å². The molecule has 0 radical (unpaired) electrons. The summed E-state index contributed by atoms with van der Waals surface area (Å²) >= 11 is 0. The Morgan fingerprint density at radius 1 is 1.21 bits per heavy atom. The van der Waals surface area contributed by atoms with Crippen LogP contribution in [0.1, 0.15) is 5.56 Å². The van der Waals surface area contributed by atoms with E-state index in [-0.39, 0.29) is 0 Å². The van der Waals surface area contributed by atoms with Crippen LogP contribution in [-0.2, 0) is 21.4 Å². The van der Waals surface area contributed by atoms with Crippen molar-refractivity contribution in [1.82, 2.24) is 0 Å². The third-order valence-corrected chi connectivity index (χ3v) is 3.58. The topological polar surface area (TPSA) is 66.8 Å². The number of rotatable bonds is 3. The fourth-order valence-electron chi connectivity index (χ4n) is 2.39. The molecule has 0 spiro atoms. The highest BCUT2D eigenvalue weighted by Crippen LogP contribution is 2.35. The molecule has 1 aliphatic rings. The third kappa shape index (κ3) is 2.42. The number of benzene rings is 2. The Labute approximate surface area is 111 Å².